The smallest absolute Gasteiger partial charge is 0.304 e. The molecule has 4 heteroatoms. The Bertz CT molecular complexity index is 421. The Kier molecular flexibility index (Phi) is 4.56. The summed E-state index contributed by atoms with van der Waals surface area (Å²) in [5, 5.41) is 9.03. The monoisotopic (exact) mass is 262 g/mol. The van der Waals surface area contributed by atoms with E-state index in [4.69, 9.17) is 5.11 Å². The summed E-state index contributed by atoms with van der Waals surface area (Å²) in [4.78, 5) is 15.5. The lowest BCUT2D eigenvalue weighted by Crippen LogP contribution is -2.57. The van der Waals surface area contributed by atoms with Gasteiger partial charge in [0.25, 0.3) is 0 Å². The van der Waals surface area contributed by atoms with Crippen LogP contribution in [-0.4, -0.2) is 53.1 Å². The fraction of sp³-hybridized carbons (Fsp3) is 0.533. The number of aliphatic carboxylic acids is 1. The van der Waals surface area contributed by atoms with Crippen LogP contribution in [0.4, 0.5) is 0 Å². The summed E-state index contributed by atoms with van der Waals surface area (Å²) in [5.74, 6) is -0.717. The summed E-state index contributed by atoms with van der Waals surface area (Å²) < 4.78 is 0. The minimum atomic E-state index is -0.717. The number of nitrogens with zero attached hydrogens (tertiary/aromatic N) is 2. The largest absolute Gasteiger partial charge is 0.481 e. The van der Waals surface area contributed by atoms with E-state index in [0.29, 0.717) is 0 Å². The molecule has 0 amide bonds. The van der Waals surface area contributed by atoms with Crippen molar-refractivity contribution in [2.45, 2.75) is 32.0 Å². The minimum absolute atomic E-state index is 0.0926. The van der Waals surface area contributed by atoms with Gasteiger partial charge in [0.05, 0.1) is 6.42 Å². The molecule has 1 saturated heterocycles. The normalized spacial score (nSPS) is 25.4. The number of carbonyl (C=O) groups is 1. The van der Waals surface area contributed by atoms with Crippen molar-refractivity contribution in [3.05, 3.63) is 35.9 Å². The second-order valence-corrected chi connectivity index (χ2v) is 5.34. The summed E-state index contributed by atoms with van der Waals surface area (Å²) in [5.41, 5.74) is 1.29. The molecular formula is C15H22N2O2. The third-order valence-electron chi connectivity index (χ3n) is 4.05. The topological polar surface area (TPSA) is 43.8 Å². The molecule has 4 nitrogen and oxygen atoms in total. The first-order valence-corrected chi connectivity index (χ1v) is 6.78. The molecule has 0 bridgehead atoms. The maximum absolute atomic E-state index is 11.0. The first-order valence-electron chi connectivity index (χ1n) is 6.78. The lowest BCUT2D eigenvalue weighted by molar-refractivity contribution is -0.139. The van der Waals surface area contributed by atoms with Crippen LogP contribution in [0.25, 0.3) is 0 Å². The van der Waals surface area contributed by atoms with Crippen LogP contribution in [0.2, 0.25) is 0 Å². The van der Waals surface area contributed by atoms with Crippen molar-refractivity contribution in [2.75, 3.05) is 20.1 Å². The van der Waals surface area contributed by atoms with Crippen LogP contribution in [0, 0.1) is 0 Å². The Balaban J connectivity index is 2.04. The van der Waals surface area contributed by atoms with Gasteiger partial charge in [-0.15, -0.1) is 0 Å². The molecular weight excluding hydrogens is 240 g/mol. The second kappa shape index (κ2) is 6.17. The van der Waals surface area contributed by atoms with Crippen molar-refractivity contribution in [2.24, 2.45) is 0 Å². The maximum atomic E-state index is 11.0. The van der Waals surface area contributed by atoms with E-state index in [1.54, 1.807) is 0 Å². The lowest BCUT2D eigenvalue weighted by Gasteiger charge is -2.44. The molecule has 0 aliphatic carbocycles. The van der Waals surface area contributed by atoms with E-state index in [1.807, 2.05) is 25.2 Å². The first-order chi connectivity index (χ1) is 9.08. The van der Waals surface area contributed by atoms with Gasteiger partial charge in [-0.3, -0.25) is 9.69 Å². The van der Waals surface area contributed by atoms with E-state index in [-0.39, 0.29) is 18.5 Å². The fourth-order valence-electron chi connectivity index (χ4n) is 2.81. The Morgan fingerprint density at radius 2 is 2.00 bits per heavy atom. The summed E-state index contributed by atoms with van der Waals surface area (Å²) >= 11 is 0. The molecule has 1 fully saturated rings. The van der Waals surface area contributed by atoms with Gasteiger partial charge < -0.3 is 10.0 Å². The van der Waals surface area contributed by atoms with Crippen LogP contribution in [0.15, 0.2) is 30.3 Å². The molecule has 0 saturated carbocycles. The van der Waals surface area contributed by atoms with Gasteiger partial charge in [-0.1, -0.05) is 30.3 Å². The van der Waals surface area contributed by atoms with Crippen molar-refractivity contribution >= 4 is 5.97 Å². The first kappa shape index (κ1) is 14.0. The highest BCUT2D eigenvalue weighted by molar-refractivity contribution is 5.67. The van der Waals surface area contributed by atoms with Gasteiger partial charge in [-0.25, -0.2) is 0 Å². The van der Waals surface area contributed by atoms with Crippen molar-refractivity contribution < 1.29 is 9.90 Å². The SMILES string of the molecule is C[C@@H]1[C@@H](CC(=O)O)N(C)CCN1Cc1ccccc1. The highest BCUT2D eigenvalue weighted by Gasteiger charge is 2.32. The molecule has 2 rings (SSSR count). The molecule has 1 aromatic rings. The Hall–Kier alpha value is -1.39. The predicted molar refractivity (Wildman–Crippen MR) is 75.0 cm³/mol. The highest BCUT2D eigenvalue weighted by Crippen LogP contribution is 2.20. The molecule has 1 aliphatic heterocycles. The molecule has 0 spiro atoms. The van der Waals surface area contributed by atoms with Gasteiger partial charge in [0.15, 0.2) is 0 Å². The van der Waals surface area contributed by atoms with E-state index in [0.717, 1.165) is 19.6 Å². The number of carboxylic acid groups (broad SMARTS) is 1. The molecule has 0 aromatic heterocycles. The number of carboxylic acids is 1. The molecule has 2 atom stereocenters. The van der Waals surface area contributed by atoms with E-state index in [2.05, 4.69) is 28.9 Å². The van der Waals surface area contributed by atoms with Gasteiger partial charge in [0.1, 0.15) is 0 Å². The van der Waals surface area contributed by atoms with E-state index in [1.165, 1.54) is 5.56 Å². The molecule has 1 aliphatic rings. The maximum Gasteiger partial charge on any atom is 0.304 e. The van der Waals surface area contributed by atoms with Crippen LogP contribution >= 0.6 is 0 Å². The summed E-state index contributed by atoms with van der Waals surface area (Å²) in [7, 11) is 2.02. The van der Waals surface area contributed by atoms with Crippen LogP contribution in [-0.2, 0) is 11.3 Å². The van der Waals surface area contributed by atoms with Crippen molar-refractivity contribution in [1.29, 1.82) is 0 Å². The quantitative estimate of drug-likeness (QED) is 0.896. The number of hydrogen-bond donors (Lipinski definition) is 1. The Labute approximate surface area is 114 Å². The van der Waals surface area contributed by atoms with Crippen LogP contribution in [0.5, 0.6) is 0 Å². The number of benzene rings is 1. The third kappa shape index (κ3) is 3.55. The number of likely N-dealkylation sites (N-methyl/N-ethyl adjacent to an activating group) is 1. The van der Waals surface area contributed by atoms with Crippen molar-refractivity contribution in [3.63, 3.8) is 0 Å². The molecule has 104 valence electrons. The molecule has 19 heavy (non-hydrogen) atoms. The summed E-state index contributed by atoms with van der Waals surface area (Å²) in [6.07, 6.45) is 0.211. The van der Waals surface area contributed by atoms with Gasteiger partial charge in [-0.05, 0) is 19.5 Å². The fourth-order valence-corrected chi connectivity index (χ4v) is 2.81. The van der Waals surface area contributed by atoms with Gasteiger partial charge in [-0.2, -0.15) is 0 Å². The average Bonchev–Trinajstić information content (AvgIpc) is 2.39. The number of piperazine rings is 1. The minimum Gasteiger partial charge on any atom is -0.481 e. The molecule has 1 heterocycles. The molecule has 0 radical (unpaired) electrons. The van der Waals surface area contributed by atoms with E-state index < -0.39 is 5.97 Å². The third-order valence-corrected chi connectivity index (χ3v) is 4.05. The number of rotatable bonds is 4. The van der Waals surface area contributed by atoms with Crippen LogP contribution in [0.1, 0.15) is 18.9 Å². The molecule has 1 N–H and O–H groups in total. The van der Waals surface area contributed by atoms with Crippen LogP contribution < -0.4 is 0 Å². The van der Waals surface area contributed by atoms with Crippen LogP contribution in [0.3, 0.4) is 0 Å². The van der Waals surface area contributed by atoms with Gasteiger partial charge >= 0.3 is 5.97 Å². The lowest BCUT2D eigenvalue weighted by atomic mass is 9.99. The Morgan fingerprint density at radius 3 is 2.63 bits per heavy atom. The molecule has 0 unspecified atom stereocenters. The van der Waals surface area contributed by atoms with E-state index in [9.17, 15) is 4.79 Å². The average molecular weight is 262 g/mol. The van der Waals surface area contributed by atoms with Crippen molar-refractivity contribution in [1.82, 2.24) is 9.80 Å². The van der Waals surface area contributed by atoms with Gasteiger partial charge in [0, 0.05) is 31.7 Å². The standard InChI is InChI=1S/C15H22N2O2/c1-12-14(10-15(18)19)16(2)8-9-17(12)11-13-6-4-3-5-7-13/h3-7,12,14H,8-11H2,1-2H3,(H,18,19)/t12-,14-/m1/s1. The Morgan fingerprint density at radius 1 is 1.32 bits per heavy atom. The second-order valence-electron chi connectivity index (χ2n) is 5.34. The number of hydrogen-bond acceptors (Lipinski definition) is 3. The summed E-state index contributed by atoms with van der Waals surface area (Å²) in [6.45, 7) is 4.94. The highest BCUT2D eigenvalue weighted by atomic mass is 16.4. The van der Waals surface area contributed by atoms with Gasteiger partial charge in [0.2, 0.25) is 0 Å². The molecule has 1 aromatic carbocycles. The predicted octanol–water partition coefficient (Wildman–Crippen LogP) is 1.67. The summed E-state index contributed by atoms with van der Waals surface area (Å²) in [6, 6.07) is 10.7. The zero-order chi connectivity index (χ0) is 13.8. The van der Waals surface area contributed by atoms with E-state index >= 15 is 0 Å². The zero-order valence-electron chi connectivity index (χ0n) is 11.6. The van der Waals surface area contributed by atoms with Crippen molar-refractivity contribution in [3.8, 4) is 0 Å². The zero-order valence-corrected chi connectivity index (χ0v) is 11.6.